The summed E-state index contributed by atoms with van der Waals surface area (Å²) in [5.41, 5.74) is 4.21. The lowest BCUT2D eigenvalue weighted by Gasteiger charge is -2.33. The highest BCUT2D eigenvalue weighted by molar-refractivity contribution is 7.19. The number of hydrogen-bond acceptors (Lipinski definition) is 6. The lowest BCUT2D eigenvalue weighted by molar-refractivity contribution is -0.138. The maximum Gasteiger partial charge on any atom is 0.233 e. The predicted octanol–water partition coefficient (Wildman–Crippen LogP) is 6.33. The van der Waals surface area contributed by atoms with Gasteiger partial charge >= 0.3 is 0 Å². The Bertz CT molecular complexity index is 1570. The topological polar surface area (TPSA) is 86.0 Å². The third-order valence-electron chi connectivity index (χ3n) is 10.7. The highest BCUT2D eigenvalue weighted by Crippen LogP contribution is 2.44. The molecule has 0 aliphatic carbocycles. The lowest BCUT2D eigenvalue weighted by Crippen LogP contribution is -2.45. The summed E-state index contributed by atoms with van der Waals surface area (Å²) in [6.07, 6.45) is 5.97. The summed E-state index contributed by atoms with van der Waals surface area (Å²) in [7, 11) is 1.66. The number of thiophene rings is 1. The smallest absolute Gasteiger partial charge is 0.233 e. The van der Waals surface area contributed by atoms with E-state index < -0.39 is 5.41 Å². The van der Waals surface area contributed by atoms with E-state index in [1.165, 1.54) is 0 Å². The molecular weight excluding hydrogens is 596 g/mol. The fourth-order valence-corrected chi connectivity index (χ4v) is 9.25. The minimum Gasteiger partial charge on any atom is -0.383 e. The summed E-state index contributed by atoms with van der Waals surface area (Å²) in [5.74, 6) is 0.467. The zero-order chi connectivity index (χ0) is 32.7. The van der Waals surface area contributed by atoms with Gasteiger partial charge in [-0.3, -0.25) is 19.3 Å². The second-order valence-corrected chi connectivity index (χ2v) is 15.3. The number of aromatic nitrogens is 1. The Morgan fingerprint density at radius 1 is 0.978 bits per heavy atom. The van der Waals surface area contributed by atoms with Crippen molar-refractivity contribution < 1.29 is 19.1 Å². The Balaban J connectivity index is 1.26. The van der Waals surface area contributed by atoms with Crippen LogP contribution in [0.1, 0.15) is 85.7 Å². The molecule has 3 aliphatic rings. The second-order valence-electron chi connectivity index (χ2n) is 14.3. The van der Waals surface area contributed by atoms with Gasteiger partial charge in [-0.25, -0.2) is 0 Å². The number of aromatic amines is 1. The van der Waals surface area contributed by atoms with Crippen LogP contribution in [0.2, 0.25) is 0 Å². The van der Waals surface area contributed by atoms with Crippen molar-refractivity contribution in [3.8, 4) is 11.3 Å². The predicted molar refractivity (Wildman–Crippen MR) is 185 cm³/mol. The van der Waals surface area contributed by atoms with Gasteiger partial charge in [0.1, 0.15) is 4.83 Å². The van der Waals surface area contributed by atoms with Crippen LogP contribution in [0, 0.1) is 19.8 Å². The summed E-state index contributed by atoms with van der Waals surface area (Å²) in [6, 6.07) is 9.28. The van der Waals surface area contributed by atoms with E-state index in [0.29, 0.717) is 57.0 Å². The molecule has 3 fully saturated rings. The molecule has 0 radical (unpaired) electrons. The van der Waals surface area contributed by atoms with Crippen molar-refractivity contribution in [2.75, 3.05) is 46.4 Å². The van der Waals surface area contributed by atoms with Gasteiger partial charge < -0.3 is 19.5 Å². The quantitative estimate of drug-likeness (QED) is 0.246. The molecule has 1 N–H and O–H groups in total. The number of methoxy groups -OCH3 is 1. The Morgan fingerprint density at radius 3 is 2.20 bits per heavy atom. The van der Waals surface area contributed by atoms with Crippen molar-refractivity contribution >= 4 is 39.2 Å². The van der Waals surface area contributed by atoms with Gasteiger partial charge in [-0.1, -0.05) is 17.2 Å². The first kappa shape index (κ1) is 32.9. The number of benzene rings is 1. The van der Waals surface area contributed by atoms with Crippen LogP contribution < -0.4 is 0 Å². The van der Waals surface area contributed by atoms with Crippen LogP contribution in [0.25, 0.3) is 21.5 Å². The van der Waals surface area contributed by atoms with Gasteiger partial charge in [-0.2, -0.15) is 0 Å². The van der Waals surface area contributed by atoms with Crippen molar-refractivity contribution in [2.45, 2.75) is 90.6 Å². The Hall–Kier alpha value is -3.01. The number of fused-ring (bicyclic) bond motifs is 3. The third-order valence-corrected chi connectivity index (χ3v) is 12.1. The number of carbonyl (C=O) groups excluding carboxylic acids is 3. The number of aryl methyl sites for hydroxylation is 2. The van der Waals surface area contributed by atoms with Crippen LogP contribution in [0.15, 0.2) is 24.3 Å². The fraction of sp³-hybridized carbons (Fsp3) is 0.595. The van der Waals surface area contributed by atoms with Crippen LogP contribution >= 0.6 is 11.3 Å². The minimum absolute atomic E-state index is 0.0157. The van der Waals surface area contributed by atoms with Gasteiger partial charge in [0.15, 0.2) is 5.78 Å². The molecule has 0 spiro atoms. The van der Waals surface area contributed by atoms with Gasteiger partial charge in [0.25, 0.3) is 0 Å². The molecule has 2 aromatic heterocycles. The van der Waals surface area contributed by atoms with E-state index in [1.807, 2.05) is 25.7 Å². The first-order valence-electron chi connectivity index (χ1n) is 17.1. The molecule has 46 heavy (non-hydrogen) atoms. The van der Waals surface area contributed by atoms with E-state index in [0.717, 1.165) is 76.0 Å². The standard InChI is InChI=1S/C37H50N4O4S/c1-7-40(16-17-45-6)35(43)25-12-14-39(15-13-25)22-30(42)32-29-21-31(37(4,5)36(44)41-27-8-9-28(41)11-10-27)46-34(29)38-33(32)26-19-23(2)18-24(3)20-26/h18-21,25,27-28,38H,7-17,22H2,1-6H3. The SMILES string of the molecule is CCN(CCOC)C(=O)C1CCN(CC(=O)c2c(-c3cc(C)cc(C)c3)[nH]c3sc(C(C)(C)C(=O)N4C5CCC4CC5)cc23)CC1. The Labute approximate surface area is 277 Å². The van der Waals surface area contributed by atoms with Crippen molar-refractivity contribution in [3.05, 3.63) is 45.8 Å². The van der Waals surface area contributed by atoms with Gasteiger partial charge in [0.05, 0.1) is 29.8 Å². The van der Waals surface area contributed by atoms with E-state index in [9.17, 15) is 14.4 Å². The number of amides is 2. The van der Waals surface area contributed by atoms with Gasteiger partial charge in [-0.15, -0.1) is 11.3 Å². The lowest BCUT2D eigenvalue weighted by atomic mass is 9.88. The fourth-order valence-electron chi connectivity index (χ4n) is 8.09. The number of ether oxygens (including phenoxy) is 1. The van der Waals surface area contributed by atoms with Crippen LogP contribution in [-0.2, 0) is 19.7 Å². The van der Waals surface area contributed by atoms with Crippen molar-refractivity contribution in [3.63, 3.8) is 0 Å². The molecule has 9 heteroatoms. The number of piperidine rings is 1. The number of likely N-dealkylation sites (tertiary alicyclic amines) is 1. The maximum absolute atomic E-state index is 14.3. The first-order chi connectivity index (χ1) is 22.0. The molecule has 1 aromatic carbocycles. The molecule has 3 aliphatic heterocycles. The average molecular weight is 647 g/mol. The molecule has 0 atom stereocenters. The van der Waals surface area contributed by atoms with E-state index in [2.05, 4.69) is 52.9 Å². The molecule has 3 saturated heterocycles. The molecule has 3 aromatic rings. The highest BCUT2D eigenvalue weighted by atomic mass is 32.1. The molecule has 5 heterocycles. The molecule has 8 nitrogen and oxygen atoms in total. The number of likely N-dealkylation sites (N-methyl/N-ethyl adjacent to an activating group) is 1. The Kier molecular flexibility index (Phi) is 9.47. The molecule has 2 amide bonds. The molecule has 0 saturated carbocycles. The van der Waals surface area contributed by atoms with Crippen LogP contribution in [-0.4, -0.2) is 95.8 Å². The average Bonchev–Trinajstić information content (AvgIpc) is 3.81. The number of nitrogens with one attached hydrogen (secondary N) is 1. The summed E-state index contributed by atoms with van der Waals surface area (Å²) < 4.78 is 5.20. The number of H-pyrrole nitrogens is 1. The number of carbonyl (C=O) groups is 3. The zero-order valence-corrected chi connectivity index (χ0v) is 29.2. The first-order valence-corrected chi connectivity index (χ1v) is 17.9. The van der Waals surface area contributed by atoms with Crippen LogP contribution in [0.4, 0.5) is 0 Å². The van der Waals surface area contributed by atoms with Crippen LogP contribution in [0.3, 0.4) is 0 Å². The van der Waals surface area contributed by atoms with E-state index in [4.69, 9.17) is 4.74 Å². The summed E-state index contributed by atoms with van der Waals surface area (Å²) in [6.45, 7) is 13.8. The maximum atomic E-state index is 14.3. The molecular formula is C37H50N4O4S. The number of Topliss-reactive ketones (excluding diaryl/α,β-unsaturated/α-hetero) is 1. The van der Waals surface area contributed by atoms with E-state index >= 15 is 0 Å². The number of hydrogen-bond donors (Lipinski definition) is 1. The van der Waals surface area contributed by atoms with Crippen molar-refractivity contribution in [1.29, 1.82) is 0 Å². The molecule has 6 rings (SSSR count). The molecule has 0 unspecified atom stereocenters. The van der Waals surface area contributed by atoms with Crippen molar-refractivity contribution in [1.82, 2.24) is 19.7 Å². The summed E-state index contributed by atoms with van der Waals surface area (Å²) >= 11 is 1.61. The van der Waals surface area contributed by atoms with Gasteiger partial charge in [-0.05, 0) is 110 Å². The van der Waals surface area contributed by atoms with Crippen molar-refractivity contribution in [2.24, 2.45) is 5.92 Å². The molecule has 248 valence electrons. The minimum atomic E-state index is -0.667. The van der Waals surface area contributed by atoms with E-state index in [-0.39, 0.29) is 23.5 Å². The van der Waals surface area contributed by atoms with Gasteiger partial charge in [0, 0.05) is 48.5 Å². The Morgan fingerprint density at radius 2 is 1.61 bits per heavy atom. The third kappa shape index (κ3) is 6.18. The van der Waals surface area contributed by atoms with Crippen LogP contribution in [0.5, 0.6) is 0 Å². The second kappa shape index (κ2) is 13.2. The van der Waals surface area contributed by atoms with Gasteiger partial charge in [0.2, 0.25) is 11.8 Å². The van der Waals surface area contributed by atoms with E-state index in [1.54, 1.807) is 18.4 Å². The normalized spacial score (nSPS) is 20.6. The summed E-state index contributed by atoms with van der Waals surface area (Å²) in [5, 5.41) is 0.909. The monoisotopic (exact) mass is 646 g/mol. The summed E-state index contributed by atoms with van der Waals surface area (Å²) in [4.78, 5) is 53.3. The largest absolute Gasteiger partial charge is 0.383 e. The number of nitrogens with zero attached hydrogens (tertiary/aromatic N) is 3. The highest BCUT2D eigenvalue weighted by Gasteiger charge is 2.47. The zero-order valence-electron chi connectivity index (χ0n) is 28.4. The molecule has 2 bridgehead atoms. The number of rotatable bonds is 11. The number of ketones is 1.